The fourth-order valence-electron chi connectivity index (χ4n) is 1.88. The van der Waals surface area contributed by atoms with E-state index in [0.29, 0.717) is 6.42 Å². The van der Waals surface area contributed by atoms with Crippen LogP contribution in [0.1, 0.15) is 39.5 Å². The highest BCUT2D eigenvalue weighted by Crippen LogP contribution is 2.38. The van der Waals surface area contributed by atoms with Gasteiger partial charge in [-0.2, -0.15) is 0 Å². The molecular formula is C12H18O. The van der Waals surface area contributed by atoms with Gasteiger partial charge in [0.2, 0.25) is 0 Å². The Hall–Kier alpha value is -0.740. The highest BCUT2D eigenvalue weighted by Gasteiger charge is 2.26. The average Bonchev–Trinajstić information content (AvgIpc) is 2.08. The van der Waals surface area contributed by atoms with Gasteiger partial charge in [0.1, 0.15) is 6.10 Å². The van der Waals surface area contributed by atoms with Crippen molar-refractivity contribution in [1.82, 2.24) is 0 Å². The molecule has 0 unspecified atom stereocenters. The molecule has 72 valence electrons. The van der Waals surface area contributed by atoms with Gasteiger partial charge in [0.05, 0.1) is 0 Å². The van der Waals surface area contributed by atoms with E-state index in [9.17, 15) is 5.11 Å². The number of allylic oxidation sites excluding steroid dienone is 1. The van der Waals surface area contributed by atoms with Crippen LogP contribution in [0.2, 0.25) is 0 Å². The molecule has 1 heteroatoms. The normalized spacial score (nSPS) is 23.1. The largest absolute Gasteiger partial charge is 0.380 e. The molecule has 0 bridgehead atoms. The van der Waals surface area contributed by atoms with Crippen LogP contribution in [0.15, 0.2) is 11.6 Å². The van der Waals surface area contributed by atoms with Crippen molar-refractivity contribution in [3.63, 3.8) is 0 Å². The second-order valence-corrected chi connectivity index (χ2v) is 4.39. The molecule has 0 aromatic carbocycles. The Labute approximate surface area is 80.9 Å². The van der Waals surface area contributed by atoms with Crippen molar-refractivity contribution in [3.8, 4) is 12.3 Å². The van der Waals surface area contributed by atoms with Crippen LogP contribution < -0.4 is 0 Å². The zero-order chi connectivity index (χ0) is 9.90. The van der Waals surface area contributed by atoms with E-state index in [-0.39, 0.29) is 5.41 Å². The van der Waals surface area contributed by atoms with Crippen LogP contribution in [-0.4, -0.2) is 11.2 Å². The summed E-state index contributed by atoms with van der Waals surface area (Å²) in [6.07, 6.45) is 11.0. The molecule has 1 aliphatic rings. The first-order valence-corrected chi connectivity index (χ1v) is 4.90. The summed E-state index contributed by atoms with van der Waals surface area (Å²) < 4.78 is 0. The molecule has 0 heterocycles. The Morgan fingerprint density at radius 3 is 2.92 bits per heavy atom. The molecule has 0 radical (unpaired) electrons. The summed E-state index contributed by atoms with van der Waals surface area (Å²) in [5.74, 6) is 2.36. The molecule has 1 rings (SSSR count). The molecule has 1 aliphatic carbocycles. The van der Waals surface area contributed by atoms with Crippen LogP contribution >= 0.6 is 0 Å². The summed E-state index contributed by atoms with van der Waals surface area (Å²) in [6.45, 7) is 4.45. The third-order valence-electron chi connectivity index (χ3n) is 2.87. The maximum Gasteiger partial charge on any atom is 0.118 e. The zero-order valence-corrected chi connectivity index (χ0v) is 8.51. The predicted molar refractivity (Wildman–Crippen MR) is 55.2 cm³/mol. The zero-order valence-electron chi connectivity index (χ0n) is 8.51. The predicted octanol–water partition coefficient (Wildman–Crippen LogP) is 2.51. The van der Waals surface area contributed by atoms with Crippen LogP contribution in [0.3, 0.4) is 0 Å². The molecule has 0 aliphatic heterocycles. The summed E-state index contributed by atoms with van der Waals surface area (Å²) in [6, 6.07) is 0. The number of hydrogen-bond donors (Lipinski definition) is 1. The Bertz CT molecular complexity index is 242. The molecule has 0 aromatic heterocycles. The van der Waals surface area contributed by atoms with E-state index in [4.69, 9.17) is 6.42 Å². The Morgan fingerprint density at radius 2 is 2.38 bits per heavy atom. The SMILES string of the molecule is C#C[C@@H](O)CC1=CCCCC1(C)C. The van der Waals surface area contributed by atoms with Gasteiger partial charge in [0.15, 0.2) is 0 Å². The molecule has 1 nitrogen and oxygen atoms in total. The third-order valence-corrected chi connectivity index (χ3v) is 2.87. The van der Waals surface area contributed by atoms with Gasteiger partial charge >= 0.3 is 0 Å². The fraction of sp³-hybridized carbons (Fsp3) is 0.667. The second kappa shape index (κ2) is 3.98. The molecule has 0 spiro atoms. The van der Waals surface area contributed by atoms with Crippen molar-refractivity contribution in [1.29, 1.82) is 0 Å². The first kappa shape index (κ1) is 10.3. The van der Waals surface area contributed by atoms with Crippen molar-refractivity contribution in [2.45, 2.75) is 45.6 Å². The lowest BCUT2D eigenvalue weighted by Gasteiger charge is -2.32. The van der Waals surface area contributed by atoms with Crippen molar-refractivity contribution >= 4 is 0 Å². The first-order valence-electron chi connectivity index (χ1n) is 4.90. The van der Waals surface area contributed by atoms with Gasteiger partial charge in [0.25, 0.3) is 0 Å². The number of terminal acetylenes is 1. The van der Waals surface area contributed by atoms with Gasteiger partial charge in [-0.1, -0.05) is 31.4 Å². The summed E-state index contributed by atoms with van der Waals surface area (Å²) in [7, 11) is 0. The monoisotopic (exact) mass is 178 g/mol. The lowest BCUT2D eigenvalue weighted by molar-refractivity contribution is 0.217. The van der Waals surface area contributed by atoms with E-state index < -0.39 is 6.10 Å². The molecular weight excluding hydrogens is 160 g/mol. The van der Waals surface area contributed by atoms with Crippen molar-refractivity contribution in [3.05, 3.63) is 11.6 Å². The van der Waals surface area contributed by atoms with Crippen LogP contribution in [-0.2, 0) is 0 Å². The molecule has 13 heavy (non-hydrogen) atoms. The molecule has 1 atom stereocenters. The molecule has 0 aromatic rings. The van der Waals surface area contributed by atoms with Crippen LogP contribution in [0.25, 0.3) is 0 Å². The lowest BCUT2D eigenvalue weighted by atomic mass is 9.74. The van der Waals surface area contributed by atoms with Crippen molar-refractivity contribution in [2.75, 3.05) is 0 Å². The maximum atomic E-state index is 9.37. The van der Waals surface area contributed by atoms with Gasteiger partial charge in [-0.05, 0) is 24.7 Å². The first-order chi connectivity index (χ1) is 6.06. The van der Waals surface area contributed by atoms with Gasteiger partial charge in [-0.15, -0.1) is 6.42 Å². The summed E-state index contributed by atoms with van der Waals surface area (Å²) in [5.41, 5.74) is 1.56. The standard InChI is InChI=1S/C12H18O/c1-4-11(13)9-10-7-5-6-8-12(10,2)3/h1,7,11,13H,5-6,8-9H2,2-3H3/t11-/m1/s1. The highest BCUT2D eigenvalue weighted by molar-refractivity contribution is 5.18. The fourth-order valence-corrected chi connectivity index (χ4v) is 1.88. The van der Waals surface area contributed by atoms with E-state index in [1.807, 2.05) is 0 Å². The van der Waals surface area contributed by atoms with Crippen LogP contribution in [0.5, 0.6) is 0 Å². The summed E-state index contributed by atoms with van der Waals surface area (Å²) in [5, 5.41) is 9.37. The van der Waals surface area contributed by atoms with Gasteiger partial charge in [-0.25, -0.2) is 0 Å². The minimum Gasteiger partial charge on any atom is -0.380 e. The van der Waals surface area contributed by atoms with Gasteiger partial charge in [-0.3, -0.25) is 0 Å². The third kappa shape index (κ3) is 2.60. The minimum absolute atomic E-state index is 0.232. The number of aliphatic hydroxyl groups excluding tert-OH is 1. The Morgan fingerprint density at radius 1 is 1.69 bits per heavy atom. The lowest BCUT2D eigenvalue weighted by Crippen LogP contribution is -2.21. The number of aliphatic hydroxyl groups is 1. The molecule has 0 amide bonds. The number of hydrogen-bond acceptors (Lipinski definition) is 1. The van der Waals surface area contributed by atoms with Gasteiger partial charge < -0.3 is 5.11 Å². The molecule has 0 saturated heterocycles. The van der Waals surface area contributed by atoms with E-state index in [0.717, 1.165) is 6.42 Å². The Kier molecular flexibility index (Phi) is 3.17. The van der Waals surface area contributed by atoms with Crippen LogP contribution in [0, 0.1) is 17.8 Å². The summed E-state index contributed by atoms with van der Waals surface area (Å²) >= 11 is 0. The van der Waals surface area contributed by atoms with E-state index in [2.05, 4.69) is 25.8 Å². The quantitative estimate of drug-likeness (QED) is 0.509. The van der Waals surface area contributed by atoms with Crippen molar-refractivity contribution in [2.24, 2.45) is 5.41 Å². The highest BCUT2D eigenvalue weighted by atomic mass is 16.3. The molecule has 1 N–H and O–H groups in total. The molecule has 0 fully saturated rings. The average molecular weight is 178 g/mol. The van der Waals surface area contributed by atoms with E-state index >= 15 is 0 Å². The van der Waals surface area contributed by atoms with Crippen LogP contribution in [0.4, 0.5) is 0 Å². The minimum atomic E-state index is -0.608. The molecule has 0 saturated carbocycles. The Balaban J connectivity index is 2.67. The van der Waals surface area contributed by atoms with Gasteiger partial charge in [0, 0.05) is 6.42 Å². The summed E-state index contributed by atoms with van der Waals surface area (Å²) in [4.78, 5) is 0. The topological polar surface area (TPSA) is 20.2 Å². The van der Waals surface area contributed by atoms with Crippen molar-refractivity contribution < 1.29 is 5.11 Å². The van der Waals surface area contributed by atoms with E-state index in [1.54, 1.807) is 0 Å². The second-order valence-electron chi connectivity index (χ2n) is 4.39. The number of rotatable bonds is 2. The van der Waals surface area contributed by atoms with E-state index in [1.165, 1.54) is 18.4 Å². The smallest absolute Gasteiger partial charge is 0.118 e. The maximum absolute atomic E-state index is 9.37.